The van der Waals surface area contributed by atoms with Crippen LogP contribution in [-0.2, 0) is 4.79 Å². The van der Waals surface area contributed by atoms with Crippen molar-refractivity contribution in [2.24, 2.45) is 5.10 Å². The minimum atomic E-state index is -0.221. The third kappa shape index (κ3) is 3.62. The fourth-order valence-electron chi connectivity index (χ4n) is 0.768. The molecular formula is C8H11N5OS. The number of rotatable bonds is 3. The summed E-state index contributed by atoms with van der Waals surface area (Å²) in [6.45, 7) is 3.13. The van der Waals surface area contributed by atoms with Gasteiger partial charge in [0, 0.05) is 6.92 Å². The minimum absolute atomic E-state index is 0.221. The van der Waals surface area contributed by atoms with Crippen molar-refractivity contribution in [1.29, 1.82) is 0 Å². The molecule has 0 bridgehead atoms. The second-order valence-corrected chi connectivity index (χ2v) is 3.47. The van der Waals surface area contributed by atoms with Gasteiger partial charge >= 0.3 is 0 Å². The van der Waals surface area contributed by atoms with Crippen LogP contribution in [0, 0.1) is 0 Å². The largest absolute Gasteiger partial charge is 0.274 e. The lowest BCUT2D eigenvalue weighted by atomic mass is 10.3. The summed E-state index contributed by atoms with van der Waals surface area (Å²) in [4.78, 5) is 14.8. The minimum Gasteiger partial charge on any atom is -0.274 e. The molecule has 15 heavy (non-hydrogen) atoms. The van der Waals surface area contributed by atoms with Gasteiger partial charge in [-0.25, -0.2) is 10.4 Å². The lowest BCUT2D eigenvalue weighted by Crippen LogP contribution is -2.16. The molecule has 1 aromatic heterocycles. The summed E-state index contributed by atoms with van der Waals surface area (Å²) in [5.41, 5.74) is 3.53. The summed E-state index contributed by atoms with van der Waals surface area (Å²) in [6.07, 6.45) is 3.36. The van der Waals surface area contributed by atoms with E-state index in [9.17, 15) is 4.79 Å². The van der Waals surface area contributed by atoms with E-state index in [0.717, 1.165) is 0 Å². The van der Waals surface area contributed by atoms with Crippen molar-refractivity contribution in [1.82, 2.24) is 20.6 Å². The lowest BCUT2D eigenvalue weighted by molar-refractivity contribution is -0.118. The number of hydrazone groups is 1. The summed E-state index contributed by atoms with van der Waals surface area (Å²) in [6, 6.07) is 0. The van der Waals surface area contributed by atoms with Crippen LogP contribution in [0.4, 0.5) is 0 Å². The molecule has 1 amide bonds. The number of nitrogens with one attached hydrogen (secondary N) is 1. The second-order valence-electron chi connectivity index (χ2n) is 2.69. The van der Waals surface area contributed by atoms with Gasteiger partial charge in [0.2, 0.25) is 11.1 Å². The molecule has 0 fully saturated rings. The molecule has 0 saturated heterocycles. The maximum atomic E-state index is 10.6. The highest BCUT2D eigenvalue weighted by atomic mass is 32.2. The van der Waals surface area contributed by atoms with Gasteiger partial charge in [0.05, 0.1) is 11.9 Å². The van der Waals surface area contributed by atoms with Crippen LogP contribution in [0.3, 0.4) is 0 Å². The first-order chi connectivity index (χ1) is 7.13. The van der Waals surface area contributed by atoms with Crippen LogP contribution in [0.15, 0.2) is 16.5 Å². The van der Waals surface area contributed by atoms with Crippen molar-refractivity contribution in [3.05, 3.63) is 11.9 Å². The van der Waals surface area contributed by atoms with E-state index in [1.807, 2.05) is 6.26 Å². The molecule has 7 heteroatoms. The maximum absolute atomic E-state index is 10.6. The normalized spacial score (nSPS) is 11.3. The van der Waals surface area contributed by atoms with Gasteiger partial charge in [0.25, 0.3) is 0 Å². The summed E-state index contributed by atoms with van der Waals surface area (Å²) in [7, 11) is 0. The molecule has 0 aliphatic carbocycles. The molecule has 1 aromatic rings. The fraction of sp³-hybridized carbons (Fsp3) is 0.375. The summed E-state index contributed by atoms with van der Waals surface area (Å²) >= 11 is 1.40. The Morgan fingerprint density at radius 1 is 1.53 bits per heavy atom. The average molecular weight is 225 g/mol. The second kappa shape index (κ2) is 5.40. The van der Waals surface area contributed by atoms with Gasteiger partial charge in [-0.1, -0.05) is 11.8 Å². The van der Waals surface area contributed by atoms with Gasteiger partial charge in [-0.15, -0.1) is 5.10 Å². The Balaban J connectivity index is 2.85. The number of thioether (sulfide) groups is 1. The van der Waals surface area contributed by atoms with E-state index in [2.05, 4.69) is 25.7 Å². The molecule has 0 aliphatic rings. The van der Waals surface area contributed by atoms with Crippen molar-refractivity contribution in [2.45, 2.75) is 19.0 Å². The van der Waals surface area contributed by atoms with E-state index in [4.69, 9.17) is 0 Å². The Morgan fingerprint density at radius 3 is 2.87 bits per heavy atom. The standard InChI is InChI=1S/C8H11N5OS/c1-5(11-12-6(2)14)7-4-9-13-8(10-7)15-3/h4H,1-3H3,(H,12,14). The van der Waals surface area contributed by atoms with Crippen LogP contribution in [-0.4, -0.2) is 33.1 Å². The molecule has 0 aromatic carbocycles. The van der Waals surface area contributed by atoms with Crippen LogP contribution < -0.4 is 5.43 Å². The fourth-order valence-corrected chi connectivity index (χ4v) is 1.09. The first-order valence-electron chi connectivity index (χ1n) is 4.18. The van der Waals surface area contributed by atoms with E-state index in [-0.39, 0.29) is 5.91 Å². The zero-order valence-electron chi connectivity index (χ0n) is 8.68. The monoisotopic (exact) mass is 225 g/mol. The smallest absolute Gasteiger partial charge is 0.236 e. The third-order valence-corrected chi connectivity index (χ3v) is 2.01. The Morgan fingerprint density at radius 2 is 2.27 bits per heavy atom. The topological polar surface area (TPSA) is 80.1 Å². The maximum Gasteiger partial charge on any atom is 0.236 e. The number of hydrogen-bond donors (Lipinski definition) is 1. The average Bonchev–Trinajstić information content (AvgIpc) is 2.26. The third-order valence-electron chi connectivity index (χ3n) is 1.47. The van der Waals surface area contributed by atoms with Crippen molar-refractivity contribution in [3.8, 4) is 0 Å². The van der Waals surface area contributed by atoms with Gasteiger partial charge < -0.3 is 0 Å². The predicted molar refractivity (Wildman–Crippen MR) is 57.6 cm³/mol. The first kappa shape index (κ1) is 11.6. The van der Waals surface area contributed by atoms with Gasteiger partial charge in [-0.05, 0) is 13.2 Å². The van der Waals surface area contributed by atoms with E-state index in [1.54, 1.807) is 6.92 Å². The number of aromatic nitrogens is 3. The van der Waals surface area contributed by atoms with E-state index < -0.39 is 0 Å². The molecule has 0 spiro atoms. The van der Waals surface area contributed by atoms with Crippen LogP contribution in [0.1, 0.15) is 19.5 Å². The number of amides is 1. The highest BCUT2D eigenvalue weighted by Crippen LogP contribution is 2.06. The van der Waals surface area contributed by atoms with Crippen LogP contribution in [0.2, 0.25) is 0 Å². The van der Waals surface area contributed by atoms with Crippen LogP contribution >= 0.6 is 11.8 Å². The molecule has 0 atom stereocenters. The number of nitrogens with zero attached hydrogens (tertiary/aromatic N) is 4. The Kier molecular flexibility index (Phi) is 4.17. The summed E-state index contributed by atoms with van der Waals surface area (Å²) < 4.78 is 0. The van der Waals surface area contributed by atoms with Gasteiger partial charge in [0.1, 0.15) is 5.69 Å². The number of carbonyl (C=O) groups excluding carboxylic acids is 1. The number of hydrogen-bond acceptors (Lipinski definition) is 6. The number of carbonyl (C=O) groups is 1. The summed E-state index contributed by atoms with van der Waals surface area (Å²) in [5, 5.41) is 12.0. The molecule has 0 saturated carbocycles. The zero-order valence-corrected chi connectivity index (χ0v) is 9.50. The van der Waals surface area contributed by atoms with Gasteiger partial charge in [-0.3, -0.25) is 4.79 Å². The molecule has 0 unspecified atom stereocenters. The molecule has 0 aliphatic heterocycles. The zero-order chi connectivity index (χ0) is 11.3. The Labute approximate surface area is 91.6 Å². The van der Waals surface area contributed by atoms with Crippen LogP contribution in [0.25, 0.3) is 0 Å². The van der Waals surface area contributed by atoms with Crippen LogP contribution in [0.5, 0.6) is 0 Å². The predicted octanol–water partition coefficient (Wildman–Crippen LogP) is 0.454. The molecule has 1 rings (SSSR count). The first-order valence-corrected chi connectivity index (χ1v) is 5.41. The molecular weight excluding hydrogens is 214 g/mol. The van der Waals surface area contributed by atoms with Crippen molar-refractivity contribution in [2.75, 3.05) is 6.26 Å². The molecule has 1 N–H and O–H groups in total. The van der Waals surface area contributed by atoms with Crippen molar-refractivity contribution in [3.63, 3.8) is 0 Å². The van der Waals surface area contributed by atoms with Crippen molar-refractivity contribution < 1.29 is 4.79 Å². The Bertz CT molecular complexity index is 392. The molecule has 0 radical (unpaired) electrons. The Hall–Kier alpha value is -1.50. The SMILES string of the molecule is CSc1nncc(C(C)=NNC(C)=O)n1. The lowest BCUT2D eigenvalue weighted by Gasteiger charge is -2.00. The highest BCUT2D eigenvalue weighted by molar-refractivity contribution is 7.98. The molecule has 6 nitrogen and oxygen atoms in total. The van der Waals surface area contributed by atoms with Crippen molar-refractivity contribution >= 4 is 23.4 Å². The van der Waals surface area contributed by atoms with E-state index in [0.29, 0.717) is 16.6 Å². The van der Waals surface area contributed by atoms with E-state index in [1.165, 1.54) is 24.9 Å². The molecule has 1 heterocycles. The molecule has 80 valence electrons. The quantitative estimate of drug-likeness (QED) is 0.459. The highest BCUT2D eigenvalue weighted by Gasteiger charge is 2.02. The summed E-state index contributed by atoms with van der Waals surface area (Å²) in [5.74, 6) is -0.221. The van der Waals surface area contributed by atoms with Gasteiger partial charge in [-0.2, -0.15) is 10.2 Å². The van der Waals surface area contributed by atoms with E-state index >= 15 is 0 Å². The van der Waals surface area contributed by atoms with Gasteiger partial charge in [0.15, 0.2) is 0 Å².